The molecule has 0 aliphatic heterocycles. The summed E-state index contributed by atoms with van der Waals surface area (Å²) in [5.74, 6) is 0.301. The van der Waals surface area contributed by atoms with E-state index in [1.165, 1.54) is 12.5 Å². The molecular formula is C10H7BrFNO. The molecule has 4 heteroatoms. The van der Waals surface area contributed by atoms with E-state index in [9.17, 15) is 4.39 Å². The molecule has 0 aliphatic rings. The van der Waals surface area contributed by atoms with Crippen LogP contribution in [0.4, 0.5) is 4.39 Å². The highest BCUT2D eigenvalue weighted by atomic mass is 79.9. The summed E-state index contributed by atoms with van der Waals surface area (Å²) in [6.07, 6.45) is 1.35. The zero-order valence-electron chi connectivity index (χ0n) is 7.42. The predicted molar refractivity (Wildman–Crippen MR) is 54.3 cm³/mol. The Morgan fingerprint density at radius 3 is 2.79 bits per heavy atom. The molecule has 2 rings (SSSR count). The van der Waals surface area contributed by atoms with E-state index in [0.29, 0.717) is 15.8 Å². The molecule has 0 radical (unpaired) electrons. The number of hydrogen-bond acceptors (Lipinski definition) is 2. The van der Waals surface area contributed by atoms with E-state index in [1.807, 2.05) is 6.92 Å². The summed E-state index contributed by atoms with van der Waals surface area (Å²) in [5, 5.41) is 0. The summed E-state index contributed by atoms with van der Waals surface area (Å²) >= 11 is 3.09. The van der Waals surface area contributed by atoms with Crippen LogP contribution in [0.3, 0.4) is 0 Å². The Kier molecular flexibility index (Phi) is 2.37. The summed E-state index contributed by atoms with van der Waals surface area (Å²) < 4.78 is 18.8. The van der Waals surface area contributed by atoms with Crippen LogP contribution in [0.15, 0.2) is 33.5 Å². The standard InChI is InChI=1S/C10H7BrFNO/c1-6-10(14-5-13-6)7-2-3-8(11)9(12)4-7/h2-5H,1H3. The van der Waals surface area contributed by atoms with Gasteiger partial charge in [-0.15, -0.1) is 0 Å². The van der Waals surface area contributed by atoms with Crippen molar-refractivity contribution in [2.45, 2.75) is 6.92 Å². The number of aryl methyl sites for hydroxylation is 1. The van der Waals surface area contributed by atoms with E-state index in [4.69, 9.17) is 4.42 Å². The van der Waals surface area contributed by atoms with E-state index < -0.39 is 0 Å². The predicted octanol–water partition coefficient (Wildman–Crippen LogP) is 3.55. The van der Waals surface area contributed by atoms with E-state index in [0.717, 1.165) is 5.69 Å². The third-order valence-electron chi connectivity index (χ3n) is 1.93. The molecule has 0 atom stereocenters. The van der Waals surface area contributed by atoms with Crippen LogP contribution in [0, 0.1) is 12.7 Å². The summed E-state index contributed by atoms with van der Waals surface area (Å²) in [7, 11) is 0. The van der Waals surface area contributed by atoms with Crippen molar-refractivity contribution in [1.82, 2.24) is 4.98 Å². The molecule has 0 N–H and O–H groups in total. The van der Waals surface area contributed by atoms with Gasteiger partial charge in [-0.25, -0.2) is 9.37 Å². The number of nitrogens with zero attached hydrogens (tertiary/aromatic N) is 1. The maximum Gasteiger partial charge on any atom is 0.181 e. The number of benzene rings is 1. The fourth-order valence-corrected chi connectivity index (χ4v) is 1.46. The van der Waals surface area contributed by atoms with Crippen molar-refractivity contribution in [3.8, 4) is 11.3 Å². The molecule has 0 saturated heterocycles. The van der Waals surface area contributed by atoms with Crippen molar-refractivity contribution in [2.24, 2.45) is 0 Å². The highest BCUT2D eigenvalue weighted by Gasteiger charge is 2.08. The van der Waals surface area contributed by atoms with Gasteiger partial charge in [0.25, 0.3) is 0 Å². The highest BCUT2D eigenvalue weighted by molar-refractivity contribution is 9.10. The van der Waals surface area contributed by atoms with Crippen LogP contribution >= 0.6 is 15.9 Å². The van der Waals surface area contributed by atoms with Crippen LogP contribution in [0.1, 0.15) is 5.69 Å². The zero-order chi connectivity index (χ0) is 10.1. The molecule has 0 fully saturated rings. The summed E-state index contributed by atoms with van der Waals surface area (Å²) in [6, 6.07) is 4.84. The van der Waals surface area contributed by atoms with Crippen molar-refractivity contribution >= 4 is 15.9 Å². The van der Waals surface area contributed by atoms with Gasteiger partial charge < -0.3 is 4.42 Å². The molecular weight excluding hydrogens is 249 g/mol. The molecule has 72 valence electrons. The minimum Gasteiger partial charge on any atom is -0.443 e. The van der Waals surface area contributed by atoms with Gasteiger partial charge >= 0.3 is 0 Å². The van der Waals surface area contributed by atoms with Gasteiger partial charge in [-0.3, -0.25) is 0 Å². The largest absolute Gasteiger partial charge is 0.443 e. The minimum absolute atomic E-state index is 0.307. The lowest BCUT2D eigenvalue weighted by molar-refractivity contribution is 0.569. The maximum atomic E-state index is 13.2. The molecule has 0 bridgehead atoms. The SMILES string of the molecule is Cc1ncoc1-c1ccc(Br)c(F)c1. The Labute approximate surface area is 88.9 Å². The van der Waals surface area contributed by atoms with Crippen LogP contribution in [0.25, 0.3) is 11.3 Å². The van der Waals surface area contributed by atoms with Crippen LogP contribution in [0.2, 0.25) is 0 Å². The third kappa shape index (κ3) is 1.57. The molecule has 0 saturated carbocycles. The van der Waals surface area contributed by atoms with Crippen molar-refractivity contribution in [3.05, 3.63) is 40.6 Å². The first kappa shape index (κ1) is 9.40. The van der Waals surface area contributed by atoms with Gasteiger partial charge in [-0.2, -0.15) is 0 Å². The van der Waals surface area contributed by atoms with Gasteiger partial charge in [0.2, 0.25) is 0 Å². The van der Waals surface area contributed by atoms with Crippen LogP contribution < -0.4 is 0 Å². The Balaban J connectivity index is 2.53. The first-order chi connectivity index (χ1) is 6.68. The second-order valence-electron chi connectivity index (χ2n) is 2.90. The van der Waals surface area contributed by atoms with E-state index >= 15 is 0 Å². The molecule has 2 aromatic rings. The smallest absolute Gasteiger partial charge is 0.181 e. The molecule has 1 aromatic heterocycles. The minimum atomic E-state index is -0.307. The second kappa shape index (κ2) is 3.53. The summed E-state index contributed by atoms with van der Waals surface area (Å²) in [4.78, 5) is 3.94. The van der Waals surface area contributed by atoms with Crippen molar-refractivity contribution in [3.63, 3.8) is 0 Å². The van der Waals surface area contributed by atoms with Crippen LogP contribution in [-0.2, 0) is 0 Å². The molecule has 0 amide bonds. The Bertz CT molecular complexity index is 467. The fourth-order valence-electron chi connectivity index (χ4n) is 1.22. The Morgan fingerprint density at radius 2 is 2.21 bits per heavy atom. The van der Waals surface area contributed by atoms with E-state index in [2.05, 4.69) is 20.9 Å². The number of oxazole rings is 1. The van der Waals surface area contributed by atoms with Gasteiger partial charge in [-0.05, 0) is 41.1 Å². The summed E-state index contributed by atoms with van der Waals surface area (Å²) in [5.41, 5.74) is 1.45. The molecule has 0 spiro atoms. The van der Waals surface area contributed by atoms with E-state index in [-0.39, 0.29) is 5.82 Å². The maximum absolute atomic E-state index is 13.2. The monoisotopic (exact) mass is 255 g/mol. The number of rotatable bonds is 1. The molecule has 0 aliphatic carbocycles. The molecule has 0 unspecified atom stereocenters. The van der Waals surface area contributed by atoms with Gasteiger partial charge in [0, 0.05) is 5.56 Å². The summed E-state index contributed by atoms with van der Waals surface area (Å²) in [6.45, 7) is 1.82. The van der Waals surface area contributed by atoms with Gasteiger partial charge in [-0.1, -0.05) is 0 Å². The topological polar surface area (TPSA) is 26.0 Å². The molecule has 14 heavy (non-hydrogen) atoms. The van der Waals surface area contributed by atoms with Crippen molar-refractivity contribution in [2.75, 3.05) is 0 Å². The Morgan fingerprint density at radius 1 is 1.43 bits per heavy atom. The lowest BCUT2D eigenvalue weighted by Gasteiger charge is -1.99. The molecule has 1 heterocycles. The van der Waals surface area contributed by atoms with Gasteiger partial charge in [0.15, 0.2) is 12.2 Å². The van der Waals surface area contributed by atoms with Gasteiger partial charge in [0.1, 0.15) is 5.82 Å². The highest BCUT2D eigenvalue weighted by Crippen LogP contribution is 2.26. The molecule has 2 nitrogen and oxygen atoms in total. The Hall–Kier alpha value is -1.16. The quantitative estimate of drug-likeness (QED) is 0.779. The fraction of sp³-hybridized carbons (Fsp3) is 0.100. The van der Waals surface area contributed by atoms with E-state index in [1.54, 1.807) is 12.1 Å². The number of hydrogen-bond donors (Lipinski definition) is 0. The average Bonchev–Trinajstić information content (AvgIpc) is 2.57. The average molecular weight is 256 g/mol. The van der Waals surface area contributed by atoms with Gasteiger partial charge in [0.05, 0.1) is 10.2 Å². The third-order valence-corrected chi connectivity index (χ3v) is 2.57. The molecule has 1 aromatic carbocycles. The first-order valence-corrected chi connectivity index (χ1v) is 4.83. The lowest BCUT2D eigenvalue weighted by Crippen LogP contribution is -1.82. The number of aromatic nitrogens is 1. The number of halogens is 2. The van der Waals surface area contributed by atoms with Crippen LogP contribution in [0.5, 0.6) is 0 Å². The van der Waals surface area contributed by atoms with Crippen LogP contribution in [-0.4, -0.2) is 4.98 Å². The second-order valence-corrected chi connectivity index (χ2v) is 3.75. The van der Waals surface area contributed by atoms with Crippen molar-refractivity contribution < 1.29 is 8.81 Å². The lowest BCUT2D eigenvalue weighted by atomic mass is 10.1. The normalized spacial score (nSPS) is 10.5. The van der Waals surface area contributed by atoms with Crippen molar-refractivity contribution in [1.29, 1.82) is 0 Å². The first-order valence-electron chi connectivity index (χ1n) is 4.04. The zero-order valence-corrected chi connectivity index (χ0v) is 9.01.